The van der Waals surface area contributed by atoms with Crippen molar-refractivity contribution in [2.24, 2.45) is 10.8 Å². The van der Waals surface area contributed by atoms with Gasteiger partial charge in [0.25, 0.3) is 0 Å². The van der Waals surface area contributed by atoms with Gasteiger partial charge in [0.1, 0.15) is 17.9 Å². The Morgan fingerprint density at radius 1 is 1.36 bits per heavy atom. The van der Waals surface area contributed by atoms with Crippen LogP contribution in [0.5, 0.6) is 5.75 Å². The molecule has 0 unspecified atom stereocenters. The number of rotatable bonds is 3. The fraction of sp³-hybridized carbons (Fsp3) is 0.562. The molecule has 1 heterocycles. The van der Waals surface area contributed by atoms with Crippen molar-refractivity contribution in [2.45, 2.75) is 46.0 Å². The Morgan fingerprint density at radius 3 is 2.36 bits per heavy atom. The fourth-order valence-corrected chi connectivity index (χ4v) is 3.87. The van der Waals surface area contributed by atoms with E-state index in [1.807, 2.05) is 0 Å². The number of carboxylic acid groups (broad SMARTS) is 1. The van der Waals surface area contributed by atoms with Gasteiger partial charge in [-0.05, 0) is 6.07 Å². The highest BCUT2D eigenvalue weighted by atomic mass is 19.4. The zero-order valence-electron chi connectivity index (χ0n) is 14.1. The van der Waals surface area contributed by atoms with E-state index in [0.717, 1.165) is 12.3 Å². The molecule has 0 radical (unpaired) electrons. The summed E-state index contributed by atoms with van der Waals surface area (Å²) >= 11 is 0. The maximum Gasteiger partial charge on any atom is 0.419 e. The lowest BCUT2D eigenvalue weighted by Gasteiger charge is -2.62. The first-order chi connectivity index (χ1) is 11.3. The van der Waals surface area contributed by atoms with Crippen molar-refractivity contribution in [2.75, 3.05) is 0 Å². The monoisotopic (exact) mass is 357 g/mol. The third-order valence-electron chi connectivity index (χ3n) is 4.64. The first-order valence-corrected chi connectivity index (χ1v) is 7.45. The van der Waals surface area contributed by atoms with E-state index in [1.54, 1.807) is 27.7 Å². The molecular formula is C16H18F3N3O3. The van der Waals surface area contributed by atoms with E-state index in [4.69, 9.17) is 15.1 Å². The molecule has 1 fully saturated rings. The molecule has 1 amide bonds. The van der Waals surface area contributed by atoms with Crippen LogP contribution in [-0.2, 0) is 6.18 Å². The van der Waals surface area contributed by atoms with Gasteiger partial charge in [0.15, 0.2) is 5.69 Å². The summed E-state index contributed by atoms with van der Waals surface area (Å²) in [5, 5.41) is 20.2. The van der Waals surface area contributed by atoms with Gasteiger partial charge in [-0.3, -0.25) is 0 Å². The molecule has 1 saturated carbocycles. The predicted molar refractivity (Wildman–Crippen MR) is 80.9 cm³/mol. The molecule has 0 spiro atoms. The van der Waals surface area contributed by atoms with Crippen molar-refractivity contribution < 1.29 is 27.8 Å². The fourth-order valence-electron chi connectivity index (χ4n) is 3.87. The number of alkyl halides is 3. The Hall–Kier alpha value is -2.50. The zero-order chi connectivity index (χ0) is 19.2. The number of aromatic nitrogens is 1. The molecule has 2 rings (SSSR count). The van der Waals surface area contributed by atoms with Gasteiger partial charge in [-0.1, -0.05) is 27.7 Å². The van der Waals surface area contributed by atoms with Crippen molar-refractivity contribution in [1.29, 1.82) is 5.26 Å². The quantitative estimate of drug-likeness (QED) is 0.864. The van der Waals surface area contributed by atoms with E-state index in [0.29, 0.717) is 0 Å². The molecule has 1 aliphatic carbocycles. The summed E-state index contributed by atoms with van der Waals surface area (Å²) < 4.78 is 44.8. The number of nitrogens with one attached hydrogen (secondary N) is 1. The molecular weight excluding hydrogens is 339 g/mol. The highest BCUT2D eigenvalue weighted by Gasteiger charge is 2.64. The van der Waals surface area contributed by atoms with E-state index >= 15 is 0 Å². The highest BCUT2D eigenvalue weighted by molar-refractivity contribution is 5.65. The van der Waals surface area contributed by atoms with Crippen LogP contribution in [-0.4, -0.2) is 28.3 Å². The van der Waals surface area contributed by atoms with E-state index in [-0.39, 0.29) is 5.75 Å². The van der Waals surface area contributed by atoms with Crippen LogP contribution in [0.25, 0.3) is 0 Å². The number of ether oxygens (including phenoxy) is 1. The number of hydrogen-bond donors (Lipinski definition) is 2. The van der Waals surface area contributed by atoms with E-state index in [1.165, 1.54) is 6.07 Å². The van der Waals surface area contributed by atoms with Gasteiger partial charge < -0.3 is 15.2 Å². The largest absolute Gasteiger partial charge is 0.488 e. The summed E-state index contributed by atoms with van der Waals surface area (Å²) in [4.78, 5) is 14.5. The first kappa shape index (κ1) is 18.8. The van der Waals surface area contributed by atoms with Crippen LogP contribution in [0.1, 0.15) is 39.0 Å². The number of nitriles is 1. The Bertz CT molecular complexity index is 722. The molecule has 0 atom stereocenters. The Balaban J connectivity index is 2.32. The molecule has 136 valence electrons. The van der Waals surface area contributed by atoms with Crippen molar-refractivity contribution in [3.8, 4) is 11.8 Å². The zero-order valence-corrected chi connectivity index (χ0v) is 14.1. The Labute approximate surface area is 142 Å². The molecule has 0 aromatic carbocycles. The standard InChI is InChI=1S/C16H18F3N3O3/c1-14(2)11(22-13(23)24)15(3,4)12(14)25-8-5-9(16(17,18)19)10(6-20)21-7-8/h5,7,11-12,22H,1-4H3,(H,23,24). The molecule has 1 aromatic heterocycles. The van der Waals surface area contributed by atoms with E-state index in [2.05, 4.69) is 10.3 Å². The van der Waals surface area contributed by atoms with Crippen molar-refractivity contribution in [3.05, 3.63) is 23.5 Å². The van der Waals surface area contributed by atoms with Crippen molar-refractivity contribution in [3.63, 3.8) is 0 Å². The predicted octanol–water partition coefficient (Wildman–Crippen LogP) is 3.42. The van der Waals surface area contributed by atoms with Gasteiger partial charge in [-0.15, -0.1) is 0 Å². The normalized spacial score (nSPS) is 23.9. The van der Waals surface area contributed by atoms with Crippen LogP contribution in [0.15, 0.2) is 12.3 Å². The number of hydrogen-bond acceptors (Lipinski definition) is 4. The average Bonchev–Trinajstić information content (AvgIpc) is 2.48. The third-order valence-corrected chi connectivity index (χ3v) is 4.64. The number of amides is 1. The lowest BCUT2D eigenvalue weighted by molar-refractivity contribution is -0.165. The lowest BCUT2D eigenvalue weighted by atomic mass is 9.49. The third kappa shape index (κ3) is 3.21. The van der Waals surface area contributed by atoms with Crippen LogP contribution in [0, 0.1) is 22.2 Å². The Kier molecular flexibility index (Phi) is 4.36. The minimum absolute atomic E-state index is 0.119. The maximum absolute atomic E-state index is 13.0. The molecule has 0 saturated heterocycles. The molecule has 2 N–H and O–H groups in total. The minimum atomic E-state index is -4.73. The first-order valence-electron chi connectivity index (χ1n) is 7.45. The SMILES string of the molecule is CC1(C)C(NC(=O)O)C(C)(C)C1Oc1cnc(C#N)c(C(F)(F)F)c1. The van der Waals surface area contributed by atoms with Gasteiger partial charge >= 0.3 is 12.3 Å². The summed E-state index contributed by atoms with van der Waals surface area (Å²) in [6.07, 6.45) is -5.38. The summed E-state index contributed by atoms with van der Waals surface area (Å²) in [7, 11) is 0. The summed E-state index contributed by atoms with van der Waals surface area (Å²) in [6.45, 7) is 7.08. The van der Waals surface area contributed by atoms with Crippen LogP contribution < -0.4 is 10.1 Å². The van der Waals surface area contributed by atoms with Crippen molar-refractivity contribution >= 4 is 6.09 Å². The average molecular weight is 357 g/mol. The second-order valence-corrected chi connectivity index (χ2v) is 7.20. The molecule has 1 aliphatic rings. The molecule has 0 aliphatic heterocycles. The minimum Gasteiger partial charge on any atom is -0.488 e. The summed E-state index contributed by atoms with van der Waals surface area (Å²) in [5.74, 6) is -0.119. The lowest BCUT2D eigenvalue weighted by Crippen LogP contribution is -2.74. The van der Waals surface area contributed by atoms with Gasteiger partial charge in [-0.25, -0.2) is 9.78 Å². The summed E-state index contributed by atoms with van der Waals surface area (Å²) in [6, 6.07) is 1.72. The molecule has 0 bridgehead atoms. The smallest absolute Gasteiger partial charge is 0.419 e. The number of pyridine rings is 1. The molecule has 25 heavy (non-hydrogen) atoms. The Morgan fingerprint density at radius 2 is 1.92 bits per heavy atom. The van der Waals surface area contributed by atoms with Crippen LogP contribution in [0.3, 0.4) is 0 Å². The van der Waals surface area contributed by atoms with Gasteiger partial charge in [-0.2, -0.15) is 18.4 Å². The van der Waals surface area contributed by atoms with E-state index < -0.39 is 46.5 Å². The summed E-state index contributed by atoms with van der Waals surface area (Å²) in [5.41, 5.74) is -3.18. The van der Waals surface area contributed by atoms with Crippen LogP contribution >= 0.6 is 0 Å². The molecule has 1 aromatic rings. The molecule has 6 nitrogen and oxygen atoms in total. The number of carbonyl (C=O) groups is 1. The van der Waals surface area contributed by atoms with Gasteiger partial charge in [0, 0.05) is 16.9 Å². The highest BCUT2D eigenvalue weighted by Crippen LogP contribution is 2.55. The number of halogens is 3. The second-order valence-electron chi connectivity index (χ2n) is 7.20. The van der Waals surface area contributed by atoms with E-state index in [9.17, 15) is 18.0 Å². The second kappa shape index (κ2) is 5.79. The van der Waals surface area contributed by atoms with Crippen molar-refractivity contribution in [1.82, 2.24) is 10.3 Å². The topological polar surface area (TPSA) is 95.2 Å². The van der Waals surface area contributed by atoms with Crippen LogP contribution in [0.2, 0.25) is 0 Å². The number of nitrogens with zero attached hydrogens (tertiary/aromatic N) is 2. The van der Waals surface area contributed by atoms with Gasteiger partial charge in [0.2, 0.25) is 0 Å². The van der Waals surface area contributed by atoms with Crippen LogP contribution in [0.4, 0.5) is 18.0 Å². The van der Waals surface area contributed by atoms with Gasteiger partial charge in [0.05, 0.1) is 11.8 Å². The maximum atomic E-state index is 13.0. The molecule has 9 heteroatoms.